The normalized spacial score (nSPS) is 25.1. The molecule has 0 bridgehead atoms. The zero-order valence-electron chi connectivity index (χ0n) is 23.1. The van der Waals surface area contributed by atoms with Crippen LogP contribution in [-0.2, 0) is 11.3 Å². The van der Waals surface area contributed by atoms with Gasteiger partial charge in [0.2, 0.25) is 11.8 Å². The van der Waals surface area contributed by atoms with Gasteiger partial charge >= 0.3 is 5.97 Å². The van der Waals surface area contributed by atoms with Gasteiger partial charge in [-0.2, -0.15) is 5.10 Å². The summed E-state index contributed by atoms with van der Waals surface area (Å²) in [6.07, 6.45) is 3.57. The SMILES string of the molecule is C[C@]1(C(=O)Nc2cccc(Cl)c2)[C@@H](c2ccnc(Cl)c2F)[C@@H]2Cn3nc4cc(C(=O)O)ccc4c3OC[C@@H]2N1CC1CC1. The van der Waals surface area contributed by atoms with E-state index < -0.39 is 23.2 Å². The van der Waals surface area contributed by atoms with Gasteiger partial charge in [0.1, 0.15) is 12.1 Å². The zero-order valence-corrected chi connectivity index (χ0v) is 24.6. The number of carbonyl (C=O) groups is 2. The van der Waals surface area contributed by atoms with Crippen molar-refractivity contribution in [2.75, 3.05) is 18.5 Å². The molecule has 4 atom stereocenters. The number of carboxylic acids is 1. The molecule has 3 aliphatic rings. The molecule has 222 valence electrons. The number of ether oxygens (including phenoxy) is 1. The van der Waals surface area contributed by atoms with Gasteiger partial charge in [0.25, 0.3) is 0 Å². The third kappa shape index (κ3) is 4.72. The monoisotopic (exact) mass is 623 g/mol. The first-order valence-electron chi connectivity index (χ1n) is 14.2. The van der Waals surface area contributed by atoms with Gasteiger partial charge in [0, 0.05) is 41.8 Å². The number of anilines is 1. The first-order valence-corrected chi connectivity index (χ1v) is 14.9. The van der Waals surface area contributed by atoms with Gasteiger partial charge in [-0.1, -0.05) is 29.3 Å². The van der Waals surface area contributed by atoms with E-state index in [1.807, 2.05) is 6.92 Å². The number of halogens is 3. The summed E-state index contributed by atoms with van der Waals surface area (Å²) in [5, 5.41) is 18.2. The molecular weight excluding hydrogens is 596 g/mol. The summed E-state index contributed by atoms with van der Waals surface area (Å²) < 4.78 is 24.1. The largest absolute Gasteiger partial charge is 0.478 e. The highest BCUT2D eigenvalue weighted by Crippen LogP contribution is 2.54. The number of carboxylic acid groups (broad SMARTS) is 1. The topological polar surface area (TPSA) is 110 Å². The molecule has 2 fully saturated rings. The van der Waals surface area contributed by atoms with E-state index in [9.17, 15) is 14.7 Å². The lowest BCUT2D eigenvalue weighted by molar-refractivity contribution is -0.127. The quantitative estimate of drug-likeness (QED) is 0.259. The summed E-state index contributed by atoms with van der Waals surface area (Å²) >= 11 is 12.4. The molecule has 4 heterocycles. The minimum atomic E-state index is -1.21. The molecule has 1 aliphatic carbocycles. The van der Waals surface area contributed by atoms with E-state index in [1.165, 1.54) is 18.3 Å². The highest BCUT2D eigenvalue weighted by molar-refractivity contribution is 6.31. The zero-order chi connectivity index (χ0) is 30.0. The number of fused-ring (bicyclic) bond motifs is 4. The number of carbonyl (C=O) groups excluding carboxylic acids is 1. The van der Waals surface area contributed by atoms with Gasteiger partial charge in [-0.15, -0.1) is 0 Å². The Morgan fingerprint density at radius 3 is 2.74 bits per heavy atom. The van der Waals surface area contributed by atoms with Crippen molar-refractivity contribution < 1.29 is 23.8 Å². The Morgan fingerprint density at radius 1 is 1.19 bits per heavy atom. The van der Waals surface area contributed by atoms with Crippen LogP contribution in [0.1, 0.15) is 41.6 Å². The first-order chi connectivity index (χ1) is 20.6. The summed E-state index contributed by atoms with van der Waals surface area (Å²) in [5.74, 6) is -2.06. The Kier molecular flexibility index (Phi) is 6.83. The van der Waals surface area contributed by atoms with Crippen LogP contribution < -0.4 is 10.1 Å². The highest BCUT2D eigenvalue weighted by Gasteiger charge is 2.62. The van der Waals surface area contributed by atoms with E-state index in [2.05, 4.69) is 15.2 Å². The molecule has 0 unspecified atom stereocenters. The second kappa shape index (κ2) is 10.5. The fraction of sp³-hybridized carbons (Fsp3) is 0.355. The van der Waals surface area contributed by atoms with Gasteiger partial charge in [-0.3, -0.25) is 9.69 Å². The van der Waals surface area contributed by atoms with Crippen LogP contribution in [0.5, 0.6) is 5.88 Å². The number of amides is 1. The minimum Gasteiger partial charge on any atom is -0.478 e. The van der Waals surface area contributed by atoms with Crippen LogP contribution in [0.2, 0.25) is 10.2 Å². The third-order valence-corrected chi connectivity index (χ3v) is 9.64. The molecule has 0 radical (unpaired) electrons. The maximum absolute atomic E-state index is 15.9. The summed E-state index contributed by atoms with van der Waals surface area (Å²) in [5.41, 5.74) is 0.222. The summed E-state index contributed by atoms with van der Waals surface area (Å²) in [6, 6.07) is 13.0. The second-order valence-corrected chi connectivity index (χ2v) is 12.6. The number of aromatic carboxylic acids is 1. The van der Waals surface area contributed by atoms with E-state index in [1.54, 1.807) is 41.1 Å². The molecule has 1 saturated carbocycles. The van der Waals surface area contributed by atoms with E-state index in [-0.39, 0.29) is 35.2 Å². The molecule has 43 heavy (non-hydrogen) atoms. The predicted octanol–water partition coefficient (Wildman–Crippen LogP) is 5.86. The number of nitrogens with zero attached hydrogens (tertiary/aromatic N) is 4. The molecule has 12 heteroatoms. The van der Waals surface area contributed by atoms with Crippen LogP contribution >= 0.6 is 23.2 Å². The molecule has 2 aromatic heterocycles. The Hall–Kier alpha value is -3.73. The van der Waals surface area contributed by atoms with Crippen molar-refractivity contribution in [3.63, 3.8) is 0 Å². The Labute approximate surface area is 256 Å². The van der Waals surface area contributed by atoms with Crippen LogP contribution in [0.15, 0.2) is 54.7 Å². The van der Waals surface area contributed by atoms with Crippen molar-refractivity contribution in [1.82, 2.24) is 19.7 Å². The van der Waals surface area contributed by atoms with Crippen molar-refractivity contribution in [3.05, 3.63) is 81.8 Å². The number of nitrogens with one attached hydrogen (secondary N) is 1. The molecule has 1 saturated heterocycles. The average molecular weight is 624 g/mol. The minimum absolute atomic E-state index is 0.117. The number of pyridine rings is 1. The van der Waals surface area contributed by atoms with Gasteiger partial charge < -0.3 is 15.2 Å². The smallest absolute Gasteiger partial charge is 0.335 e. The predicted molar refractivity (Wildman–Crippen MR) is 159 cm³/mol. The van der Waals surface area contributed by atoms with Crippen molar-refractivity contribution in [1.29, 1.82) is 0 Å². The number of rotatable bonds is 6. The standard InChI is InChI=1S/C31H28Cl2FN5O4/c1-31(30(42)36-19-4-2-3-18(32)12-19)25(21-9-10-35-27(33)26(21)34)22-14-39-28(43-15-24(22)38(31)13-16-5-6-16)20-8-7-17(29(40)41)11-23(20)37-39/h2-4,7-12,16,22,24-25H,5-6,13-15H2,1H3,(H,36,42)(H,40,41)/t22-,24+,25+,31-/m1/s1. The fourth-order valence-electron chi connectivity index (χ4n) is 6.92. The van der Waals surface area contributed by atoms with Crippen molar-refractivity contribution >= 4 is 51.7 Å². The number of hydrogen-bond donors (Lipinski definition) is 2. The van der Waals surface area contributed by atoms with E-state index in [0.29, 0.717) is 52.1 Å². The van der Waals surface area contributed by atoms with Gasteiger partial charge in [0.05, 0.1) is 22.5 Å². The van der Waals surface area contributed by atoms with Crippen LogP contribution in [-0.4, -0.2) is 61.4 Å². The number of likely N-dealkylation sites (tertiary alicyclic amines) is 1. The molecule has 2 N–H and O–H groups in total. The fourth-order valence-corrected chi connectivity index (χ4v) is 7.28. The summed E-state index contributed by atoms with van der Waals surface area (Å²) in [6.45, 7) is 3.05. The number of aromatic nitrogens is 3. The van der Waals surface area contributed by atoms with Gasteiger partial charge in [-0.25, -0.2) is 18.9 Å². The molecule has 7 rings (SSSR count). The Bertz CT molecular complexity index is 1780. The van der Waals surface area contributed by atoms with Crippen molar-refractivity contribution in [3.8, 4) is 5.88 Å². The molecule has 9 nitrogen and oxygen atoms in total. The molecule has 4 aromatic rings. The van der Waals surface area contributed by atoms with Gasteiger partial charge in [-0.05, 0) is 73.7 Å². The Balaban J connectivity index is 1.37. The molecule has 0 spiro atoms. The maximum atomic E-state index is 15.9. The van der Waals surface area contributed by atoms with Gasteiger partial charge in [0.15, 0.2) is 11.0 Å². The highest BCUT2D eigenvalue weighted by atomic mass is 35.5. The third-order valence-electron chi connectivity index (χ3n) is 9.14. The number of hydrogen-bond acceptors (Lipinski definition) is 6. The summed E-state index contributed by atoms with van der Waals surface area (Å²) in [4.78, 5) is 32.2. The van der Waals surface area contributed by atoms with E-state index in [4.69, 9.17) is 33.0 Å². The van der Waals surface area contributed by atoms with Crippen LogP contribution in [0, 0.1) is 17.7 Å². The second-order valence-electron chi connectivity index (χ2n) is 11.8. The molecule has 2 aliphatic heterocycles. The van der Waals surface area contributed by atoms with E-state index >= 15 is 4.39 Å². The molecule has 2 aromatic carbocycles. The van der Waals surface area contributed by atoms with Crippen molar-refractivity contribution in [2.24, 2.45) is 11.8 Å². The first kappa shape index (κ1) is 28.1. The lowest BCUT2D eigenvalue weighted by atomic mass is 9.74. The molecule has 1 amide bonds. The maximum Gasteiger partial charge on any atom is 0.335 e. The molecular formula is C31H28Cl2FN5O4. The van der Waals surface area contributed by atoms with Crippen LogP contribution in [0.3, 0.4) is 0 Å². The average Bonchev–Trinajstić information content (AvgIpc) is 3.72. The van der Waals surface area contributed by atoms with Crippen LogP contribution in [0.4, 0.5) is 10.1 Å². The summed E-state index contributed by atoms with van der Waals surface area (Å²) in [7, 11) is 0. The Morgan fingerprint density at radius 2 is 2.00 bits per heavy atom. The lowest BCUT2D eigenvalue weighted by Gasteiger charge is -2.40. The van der Waals surface area contributed by atoms with E-state index in [0.717, 1.165) is 12.8 Å². The van der Waals surface area contributed by atoms with Crippen LogP contribution in [0.25, 0.3) is 10.9 Å². The van der Waals surface area contributed by atoms with Crippen molar-refractivity contribution in [2.45, 2.75) is 43.8 Å². The lowest BCUT2D eigenvalue weighted by Crippen LogP contribution is -2.57. The number of benzene rings is 2.